The summed E-state index contributed by atoms with van der Waals surface area (Å²) in [6.07, 6.45) is -1.58. The van der Waals surface area contributed by atoms with Gasteiger partial charge in [-0.3, -0.25) is 10.1 Å². The van der Waals surface area contributed by atoms with Crippen molar-refractivity contribution in [3.63, 3.8) is 0 Å². The Morgan fingerprint density at radius 1 is 1.44 bits per heavy atom. The Morgan fingerprint density at radius 2 is 2.00 bits per heavy atom. The van der Waals surface area contributed by atoms with Gasteiger partial charge in [0.1, 0.15) is 6.10 Å². The minimum atomic E-state index is -1.58. The summed E-state index contributed by atoms with van der Waals surface area (Å²) in [4.78, 5) is 20.5. The number of hydrogen-bond acceptors (Lipinski definition) is 4. The Balaban J connectivity index is 3.18. The van der Waals surface area contributed by atoms with Crippen molar-refractivity contribution in [1.29, 1.82) is 0 Å². The van der Waals surface area contributed by atoms with E-state index in [2.05, 4.69) is 6.58 Å². The van der Waals surface area contributed by atoms with Crippen LogP contribution < -0.4 is 0 Å². The zero-order chi connectivity index (χ0) is 12.3. The molecule has 1 aromatic rings. The maximum Gasteiger partial charge on any atom is 0.333 e. The molecule has 0 aliphatic heterocycles. The second-order valence-electron chi connectivity index (χ2n) is 3.05. The van der Waals surface area contributed by atoms with Gasteiger partial charge in [0, 0.05) is 6.07 Å². The molecule has 1 aromatic carbocycles. The van der Waals surface area contributed by atoms with Crippen LogP contribution >= 0.6 is 0 Å². The third-order valence-corrected chi connectivity index (χ3v) is 2.03. The van der Waals surface area contributed by atoms with Gasteiger partial charge in [-0.1, -0.05) is 18.7 Å². The Bertz CT molecular complexity index is 454. The van der Waals surface area contributed by atoms with Crippen LogP contribution in [-0.2, 0) is 4.79 Å². The highest BCUT2D eigenvalue weighted by molar-refractivity contribution is 5.87. The first-order valence-electron chi connectivity index (χ1n) is 4.28. The molecule has 0 aliphatic rings. The summed E-state index contributed by atoms with van der Waals surface area (Å²) in [6.45, 7) is 3.16. The quantitative estimate of drug-likeness (QED) is 0.454. The summed E-state index contributed by atoms with van der Waals surface area (Å²) in [5.74, 6) is -1.40. The summed E-state index contributed by atoms with van der Waals surface area (Å²) in [5.41, 5.74) is -0.924. The highest BCUT2D eigenvalue weighted by Gasteiger charge is 2.24. The number of nitro benzene ring substituents is 1. The smallest absolute Gasteiger partial charge is 0.333 e. The van der Waals surface area contributed by atoms with Gasteiger partial charge >= 0.3 is 5.97 Å². The molecule has 16 heavy (non-hydrogen) atoms. The lowest BCUT2D eigenvalue weighted by molar-refractivity contribution is -0.386. The standard InChI is InChI=1S/C10H9NO5/c1-6(10(13)14)9(12)7-4-2-3-5-8(7)11(15)16/h2-5,9,12H,1H2,(H,13,14). The van der Waals surface area contributed by atoms with Gasteiger partial charge < -0.3 is 10.2 Å². The average Bonchev–Trinajstić information content (AvgIpc) is 2.26. The highest BCUT2D eigenvalue weighted by atomic mass is 16.6. The first-order chi connectivity index (χ1) is 7.45. The number of carboxylic acid groups (broad SMARTS) is 1. The lowest BCUT2D eigenvalue weighted by Crippen LogP contribution is -2.11. The molecule has 0 radical (unpaired) electrons. The number of aliphatic hydroxyl groups is 1. The summed E-state index contributed by atoms with van der Waals surface area (Å²) in [5, 5.41) is 28.9. The lowest BCUT2D eigenvalue weighted by atomic mass is 10.0. The predicted octanol–water partition coefficient (Wildman–Crippen LogP) is 1.27. The number of nitrogens with zero attached hydrogens (tertiary/aromatic N) is 1. The topological polar surface area (TPSA) is 101 Å². The molecule has 0 heterocycles. The van der Waals surface area contributed by atoms with Crippen LogP contribution in [0.25, 0.3) is 0 Å². The van der Waals surface area contributed by atoms with E-state index in [1.807, 2.05) is 0 Å². The van der Waals surface area contributed by atoms with Crippen molar-refractivity contribution in [2.45, 2.75) is 6.10 Å². The van der Waals surface area contributed by atoms with E-state index in [9.17, 15) is 20.0 Å². The first-order valence-corrected chi connectivity index (χ1v) is 4.28. The summed E-state index contributed by atoms with van der Waals surface area (Å²) >= 11 is 0. The van der Waals surface area contributed by atoms with Crippen molar-refractivity contribution in [3.05, 3.63) is 52.1 Å². The Hall–Kier alpha value is -2.21. The third kappa shape index (κ3) is 2.23. The van der Waals surface area contributed by atoms with E-state index in [-0.39, 0.29) is 11.3 Å². The van der Waals surface area contributed by atoms with Crippen molar-refractivity contribution in [2.24, 2.45) is 0 Å². The van der Waals surface area contributed by atoms with Crippen LogP contribution in [0.1, 0.15) is 11.7 Å². The van der Waals surface area contributed by atoms with Crippen molar-refractivity contribution >= 4 is 11.7 Å². The van der Waals surface area contributed by atoms with Crippen molar-refractivity contribution < 1.29 is 19.9 Å². The average molecular weight is 223 g/mol. The summed E-state index contributed by atoms with van der Waals surface area (Å²) in [7, 11) is 0. The van der Waals surface area contributed by atoms with E-state index in [4.69, 9.17) is 5.11 Å². The predicted molar refractivity (Wildman–Crippen MR) is 54.8 cm³/mol. The number of rotatable bonds is 4. The molecule has 0 spiro atoms. The first kappa shape index (κ1) is 11.9. The van der Waals surface area contributed by atoms with Crippen LogP contribution in [-0.4, -0.2) is 21.1 Å². The molecular formula is C10H9NO5. The van der Waals surface area contributed by atoms with E-state index in [1.54, 1.807) is 0 Å². The highest BCUT2D eigenvalue weighted by Crippen LogP contribution is 2.28. The van der Waals surface area contributed by atoms with Crippen LogP contribution in [0.15, 0.2) is 36.4 Å². The zero-order valence-electron chi connectivity index (χ0n) is 8.16. The molecule has 1 atom stereocenters. The third-order valence-electron chi connectivity index (χ3n) is 2.03. The van der Waals surface area contributed by atoms with Crippen molar-refractivity contribution in [3.8, 4) is 0 Å². The van der Waals surface area contributed by atoms with Crippen molar-refractivity contribution in [1.82, 2.24) is 0 Å². The molecule has 2 N–H and O–H groups in total. The maximum absolute atomic E-state index is 10.6. The van der Waals surface area contributed by atoms with Gasteiger partial charge in [-0.15, -0.1) is 0 Å². The number of para-hydroxylation sites is 1. The number of benzene rings is 1. The van der Waals surface area contributed by atoms with Gasteiger partial charge in [0.05, 0.1) is 16.1 Å². The van der Waals surface area contributed by atoms with Gasteiger partial charge in [-0.2, -0.15) is 0 Å². The molecule has 84 valence electrons. The van der Waals surface area contributed by atoms with Crippen LogP contribution in [0.3, 0.4) is 0 Å². The second kappa shape index (κ2) is 4.54. The summed E-state index contributed by atoms with van der Waals surface area (Å²) in [6, 6.07) is 5.38. The van der Waals surface area contributed by atoms with E-state index >= 15 is 0 Å². The zero-order valence-corrected chi connectivity index (χ0v) is 8.16. The molecule has 0 saturated carbocycles. The van der Waals surface area contributed by atoms with Gasteiger partial charge in [-0.05, 0) is 6.07 Å². The van der Waals surface area contributed by atoms with E-state index in [0.29, 0.717) is 0 Å². The fourth-order valence-electron chi connectivity index (χ4n) is 1.19. The van der Waals surface area contributed by atoms with E-state index in [1.165, 1.54) is 24.3 Å². The SMILES string of the molecule is C=C(C(=O)O)C(O)c1ccccc1[N+](=O)[O-]. The fraction of sp³-hybridized carbons (Fsp3) is 0.100. The fourth-order valence-corrected chi connectivity index (χ4v) is 1.19. The largest absolute Gasteiger partial charge is 0.478 e. The van der Waals surface area contributed by atoms with Crippen LogP contribution in [0.2, 0.25) is 0 Å². The Morgan fingerprint density at radius 3 is 2.50 bits per heavy atom. The molecule has 0 saturated heterocycles. The number of hydrogen-bond donors (Lipinski definition) is 2. The molecule has 1 rings (SSSR count). The minimum absolute atomic E-state index is 0.0834. The van der Waals surface area contributed by atoms with Gasteiger partial charge in [0.15, 0.2) is 0 Å². The molecular weight excluding hydrogens is 214 g/mol. The number of carboxylic acids is 1. The molecule has 1 unspecified atom stereocenters. The number of carbonyl (C=O) groups is 1. The van der Waals surface area contributed by atoms with E-state index in [0.717, 1.165) is 0 Å². The van der Waals surface area contributed by atoms with Gasteiger partial charge in [0.2, 0.25) is 0 Å². The maximum atomic E-state index is 10.6. The lowest BCUT2D eigenvalue weighted by Gasteiger charge is -2.10. The van der Waals surface area contributed by atoms with Gasteiger partial charge in [-0.25, -0.2) is 4.79 Å². The normalized spacial score (nSPS) is 11.8. The molecule has 6 heteroatoms. The van der Waals surface area contributed by atoms with Crippen LogP contribution in [0.5, 0.6) is 0 Å². The van der Waals surface area contributed by atoms with Crippen LogP contribution in [0.4, 0.5) is 5.69 Å². The summed E-state index contributed by atoms with van der Waals surface area (Å²) < 4.78 is 0. The molecule has 0 aromatic heterocycles. The van der Waals surface area contributed by atoms with Crippen molar-refractivity contribution in [2.75, 3.05) is 0 Å². The molecule has 0 bridgehead atoms. The number of aliphatic hydroxyl groups excluding tert-OH is 1. The molecule has 0 fully saturated rings. The molecule has 0 aliphatic carbocycles. The molecule has 6 nitrogen and oxygen atoms in total. The van der Waals surface area contributed by atoms with E-state index < -0.39 is 22.6 Å². The van der Waals surface area contributed by atoms with Gasteiger partial charge in [0.25, 0.3) is 5.69 Å². The number of aliphatic carboxylic acids is 1. The number of nitro groups is 1. The minimum Gasteiger partial charge on any atom is -0.478 e. The second-order valence-corrected chi connectivity index (χ2v) is 3.05. The monoisotopic (exact) mass is 223 g/mol. The Labute approximate surface area is 90.6 Å². The van der Waals surface area contributed by atoms with Crippen LogP contribution in [0, 0.1) is 10.1 Å². The Kier molecular flexibility index (Phi) is 3.37. The molecule has 0 amide bonds.